The highest BCUT2D eigenvalue weighted by atomic mass is 32.1. The fourth-order valence-corrected chi connectivity index (χ4v) is 2.02. The lowest BCUT2D eigenvalue weighted by Gasteiger charge is -2.19. The Morgan fingerprint density at radius 1 is 1.33 bits per heavy atom. The number of benzene rings is 1. The molecule has 0 bridgehead atoms. The van der Waals surface area contributed by atoms with Crippen LogP contribution in [0.4, 0.5) is 4.79 Å². The summed E-state index contributed by atoms with van der Waals surface area (Å²) >= 11 is 4.13. The average Bonchev–Trinajstić information content (AvgIpc) is 2.80. The zero-order chi connectivity index (χ0) is 15.5. The second-order valence-electron chi connectivity index (χ2n) is 5.72. The SMILES string of the molecule is CC(C)(C)OC(=O)n1ccc2cc(C#CCCS)ccc21. The Kier molecular flexibility index (Phi) is 4.64. The molecule has 4 heteroatoms. The Hall–Kier alpha value is -1.86. The molecule has 0 N–H and O–H groups in total. The van der Waals surface area contributed by atoms with Gasteiger partial charge in [0.1, 0.15) is 5.60 Å². The molecule has 0 unspecified atom stereocenters. The highest BCUT2D eigenvalue weighted by Crippen LogP contribution is 2.19. The van der Waals surface area contributed by atoms with E-state index in [4.69, 9.17) is 4.74 Å². The fraction of sp³-hybridized carbons (Fsp3) is 0.353. The summed E-state index contributed by atoms with van der Waals surface area (Å²) in [6.45, 7) is 5.56. The normalized spacial score (nSPS) is 11.0. The van der Waals surface area contributed by atoms with Gasteiger partial charge < -0.3 is 4.74 Å². The predicted molar refractivity (Wildman–Crippen MR) is 88.9 cm³/mol. The monoisotopic (exact) mass is 301 g/mol. The molecule has 2 rings (SSSR count). The maximum atomic E-state index is 12.1. The van der Waals surface area contributed by atoms with Crippen molar-refractivity contribution in [3.63, 3.8) is 0 Å². The number of ether oxygens (including phenoxy) is 1. The van der Waals surface area contributed by atoms with Gasteiger partial charge in [0.05, 0.1) is 5.52 Å². The number of hydrogen-bond acceptors (Lipinski definition) is 3. The molecule has 110 valence electrons. The van der Waals surface area contributed by atoms with E-state index >= 15 is 0 Å². The molecule has 3 nitrogen and oxygen atoms in total. The van der Waals surface area contributed by atoms with Gasteiger partial charge in [0, 0.05) is 29.3 Å². The maximum absolute atomic E-state index is 12.1. The van der Waals surface area contributed by atoms with Crippen LogP contribution in [0.25, 0.3) is 10.9 Å². The van der Waals surface area contributed by atoms with E-state index in [9.17, 15) is 4.79 Å². The first-order chi connectivity index (χ1) is 9.90. The van der Waals surface area contributed by atoms with Crippen molar-refractivity contribution in [2.24, 2.45) is 0 Å². The number of carbonyl (C=O) groups is 1. The van der Waals surface area contributed by atoms with Gasteiger partial charge in [-0.1, -0.05) is 11.8 Å². The minimum absolute atomic E-state index is 0.369. The molecule has 0 atom stereocenters. The molecule has 1 aromatic carbocycles. The van der Waals surface area contributed by atoms with E-state index in [1.54, 1.807) is 6.20 Å². The van der Waals surface area contributed by atoms with Crippen molar-refractivity contribution >= 4 is 29.6 Å². The first kappa shape index (κ1) is 15.5. The van der Waals surface area contributed by atoms with Gasteiger partial charge in [0.25, 0.3) is 0 Å². The highest BCUT2D eigenvalue weighted by Gasteiger charge is 2.18. The molecular formula is C17H19NO2S. The molecule has 0 aliphatic heterocycles. The van der Waals surface area contributed by atoms with Crippen LogP contribution in [0.2, 0.25) is 0 Å². The Morgan fingerprint density at radius 2 is 2.10 bits per heavy atom. The standard InChI is InChI=1S/C17H19NO2S/c1-17(2,3)20-16(19)18-10-9-14-12-13(6-4-5-11-21)7-8-15(14)18/h7-10,12,21H,5,11H2,1-3H3. The molecule has 0 radical (unpaired) electrons. The van der Waals surface area contributed by atoms with E-state index in [1.165, 1.54) is 4.57 Å². The minimum atomic E-state index is -0.508. The van der Waals surface area contributed by atoms with Crippen LogP contribution in [0, 0.1) is 11.8 Å². The Labute approximate surface area is 130 Å². The Bertz CT molecular complexity index is 714. The fourth-order valence-electron chi connectivity index (χ4n) is 1.91. The first-order valence-corrected chi connectivity index (χ1v) is 7.48. The van der Waals surface area contributed by atoms with E-state index in [1.807, 2.05) is 45.0 Å². The quantitative estimate of drug-likeness (QED) is 0.635. The summed E-state index contributed by atoms with van der Waals surface area (Å²) < 4.78 is 6.91. The van der Waals surface area contributed by atoms with Crippen LogP contribution in [0.1, 0.15) is 32.8 Å². The summed E-state index contributed by atoms with van der Waals surface area (Å²) in [7, 11) is 0. The van der Waals surface area contributed by atoms with Crippen LogP contribution in [-0.2, 0) is 4.74 Å². The molecule has 0 saturated heterocycles. The summed E-state index contributed by atoms with van der Waals surface area (Å²) in [5.74, 6) is 6.90. The minimum Gasteiger partial charge on any atom is -0.443 e. The summed E-state index contributed by atoms with van der Waals surface area (Å²) in [5, 5.41) is 0.971. The number of thiol groups is 1. The van der Waals surface area contributed by atoms with Crippen molar-refractivity contribution in [3.8, 4) is 11.8 Å². The van der Waals surface area contributed by atoms with Crippen molar-refractivity contribution in [2.75, 3.05) is 5.75 Å². The van der Waals surface area contributed by atoms with Crippen molar-refractivity contribution in [2.45, 2.75) is 32.8 Å². The lowest BCUT2D eigenvalue weighted by molar-refractivity contribution is 0.0544. The third-order valence-corrected chi connectivity index (χ3v) is 2.97. The molecule has 21 heavy (non-hydrogen) atoms. The maximum Gasteiger partial charge on any atom is 0.418 e. The average molecular weight is 301 g/mol. The number of aromatic nitrogens is 1. The van der Waals surface area contributed by atoms with Crippen molar-refractivity contribution in [1.82, 2.24) is 4.57 Å². The molecular weight excluding hydrogens is 282 g/mol. The lowest BCUT2D eigenvalue weighted by Crippen LogP contribution is -2.26. The lowest BCUT2D eigenvalue weighted by atomic mass is 10.1. The van der Waals surface area contributed by atoms with Crippen molar-refractivity contribution in [3.05, 3.63) is 36.0 Å². The zero-order valence-corrected chi connectivity index (χ0v) is 13.4. The molecule has 0 saturated carbocycles. The van der Waals surface area contributed by atoms with Crippen LogP contribution in [0.15, 0.2) is 30.5 Å². The van der Waals surface area contributed by atoms with Crippen LogP contribution in [0.3, 0.4) is 0 Å². The van der Waals surface area contributed by atoms with Gasteiger partial charge in [-0.15, -0.1) is 0 Å². The van der Waals surface area contributed by atoms with E-state index in [0.717, 1.165) is 28.6 Å². The van der Waals surface area contributed by atoms with Crippen LogP contribution in [-0.4, -0.2) is 22.0 Å². The molecule has 1 heterocycles. The van der Waals surface area contributed by atoms with Crippen molar-refractivity contribution in [1.29, 1.82) is 0 Å². The number of rotatable bonds is 1. The van der Waals surface area contributed by atoms with Gasteiger partial charge >= 0.3 is 6.09 Å². The van der Waals surface area contributed by atoms with E-state index in [2.05, 4.69) is 24.5 Å². The summed E-state index contributed by atoms with van der Waals surface area (Å²) in [4.78, 5) is 12.1. The highest BCUT2D eigenvalue weighted by molar-refractivity contribution is 7.80. The molecule has 0 amide bonds. The van der Waals surface area contributed by atoms with Gasteiger partial charge in [0.2, 0.25) is 0 Å². The summed E-state index contributed by atoms with van der Waals surface area (Å²) in [5.41, 5.74) is 1.25. The molecule has 0 aliphatic rings. The smallest absolute Gasteiger partial charge is 0.418 e. The summed E-state index contributed by atoms with van der Waals surface area (Å²) in [6.07, 6.45) is 2.12. The Balaban J connectivity index is 2.30. The van der Waals surface area contributed by atoms with E-state index < -0.39 is 5.60 Å². The molecule has 0 aliphatic carbocycles. The van der Waals surface area contributed by atoms with Crippen LogP contribution >= 0.6 is 12.6 Å². The van der Waals surface area contributed by atoms with E-state index in [-0.39, 0.29) is 6.09 Å². The second kappa shape index (κ2) is 6.28. The predicted octanol–water partition coefficient (Wildman–Crippen LogP) is 4.10. The van der Waals surface area contributed by atoms with Crippen LogP contribution in [0.5, 0.6) is 0 Å². The summed E-state index contributed by atoms with van der Waals surface area (Å²) in [6, 6.07) is 7.67. The molecule has 1 aromatic heterocycles. The van der Waals surface area contributed by atoms with Gasteiger partial charge in [-0.25, -0.2) is 4.79 Å². The number of carbonyl (C=O) groups excluding carboxylic acids is 1. The van der Waals surface area contributed by atoms with Crippen LogP contribution < -0.4 is 0 Å². The first-order valence-electron chi connectivity index (χ1n) is 6.85. The zero-order valence-electron chi connectivity index (χ0n) is 12.5. The largest absolute Gasteiger partial charge is 0.443 e. The Morgan fingerprint density at radius 3 is 2.76 bits per heavy atom. The second-order valence-corrected chi connectivity index (χ2v) is 6.16. The van der Waals surface area contributed by atoms with Gasteiger partial charge in [0.15, 0.2) is 0 Å². The molecule has 0 fully saturated rings. The topological polar surface area (TPSA) is 31.2 Å². The molecule has 2 aromatic rings. The van der Waals surface area contributed by atoms with Gasteiger partial charge in [-0.3, -0.25) is 4.57 Å². The van der Waals surface area contributed by atoms with E-state index in [0.29, 0.717) is 0 Å². The number of fused-ring (bicyclic) bond motifs is 1. The van der Waals surface area contributed by atoms with Gasteiger partial charge in [-0.2, -0.15) is 12.6 Å². The third kappa shape index (κ3) is 4.05. The third-order valence-electron chi connectivity index (χ3n) is 2.75. The number of nitrogens with zero attached hydrogens (tertiary/aromatic N) is 1. The van der Waals surface area contributed by atoms with Crippen molar-refractivity contribution < 1.29 is 9.53 Å². The van der Waals surface area contributed by atoms with Gasteiger partial charge in [-0.05, 0) is 45.0 Å². The number of hydrogen-bond donors (Lipinski definition) is 1. The molecule has 0 spiro atoms.